The van der Waals surface area contributed by atoms with Crippen LogP contribution in [-0.2, 0) is 10.8 Å². The van der Waals surface area contributed by atoms with Crippen LogP contribution in [0.5, 0.6) is 0 Å². The van der Waals surface area contributed by atoms with Crippen molar-refractivity contribution in [2.24, 2.45) is 5.84 Å². The minimum Gasteiger partial charge on any atom is -0.349 e. The molecule has 7 heteroatoms. The van der Waals surface area contributed by atoms with Crippen LogP contribution < -0.4 is 16.6 Å². The molecule has 0 aromatic carbocycles. The van der Waals surface area contributed by atoms with Crippen molar-refractivity contribution in [2.45, 2.75) is 32.7 Å². The maximum absolute atomic E-state index is 12.2. The van der Waals surface area contributed by atoms with E-state index in [4.69, 9.17) is 5.84 Å². The summed E-state index contributed by atoms with van der Waals surface area (Å²) in [7, 11) is -0.946. The van der Waals surface area contributed by atoms with Crippen molar-refractivity contribution < 1.29 is 9.00 Å². The standard InChI is InChI=1S/C13H22N4O2S/c1-8(2)11-5-10(6-12(16-11)17-14)13(18)15-9(3)7-20(4)19/h5-6,8-9H,7,14H2,1-4H3,(H,15,18)(H,16,17). The number of aromatic nitrogens is 1. The summed E-state index contributed by atoms with van der Waals surface area (Å²) >= 11 is 0. The van der Waals surface area contributed by atoms with Crippen LogP contribution in [0.2, 0.25) is 0 Å². The molecule has 0 radical (unpaired) electrons. The average Bonchev–Trinajstić information content (AvgIpc) is 2.36. The van der Waals surface area contributed by atoms with E-state index in [9.17, 15) is 9.00 Å². The largest absolute Gasteiger partial charge is 0.349 e. The van der Waals surface area contributed by atoms with Gasteiger partial charge >= 0.3 is 0 Å². The highest BCUT2D eigenvalue weighted by molar-refractivity contribution is 7.84. The number of nitrogens with zero attached hydrogens (tertiary/aromatic N) is 1. The molecule has 1 aromatic heterocycles. The van der Waals surface area contributed by atoms with Gasteiger partial charge in [0.05, 0.1) is 0 Å². The molecule has 0 saturated carbocycles. The van der Waals surface area contributed by atoms with Gasteiger partial charge in [-0.3, -0.25) is 9.00 Å². The quantitative estimate of drug-likeness (QED) is 0.537. The summed E-state index contributed by atoms with van der Waals surface area (Å²) in [4.78, 5) is 16.5. The lowest BCUT2D eigenvalue weighted by atomic mass is 10.1. The maximum Gasteiger partial charge on any atom is 0.251 e. The topological polar surface area (TPSA) is 97.1 Å². The van der Waals surface area contributed by atoms with E-state index in [1.165, 1.54) is 0 Å². The molecule has 0 spiro atoms. The summed E-state index contributed by atoms with van der Waals surface area (Å²) in [5, 5.41) is 2.82. The van der Waals surface area contributed by atoms with Gasteiger partial charge in [0, 0.05) is 40.1 Å². The van der Waals surface area contributed by atoms with Crippen molar-refractivity contribution in [3.05, 3.63) is 23.4 Å². The number of nitrogens with one attached hydrogen (secondary N) is 2. The molecular weight excluding hydrogens is 276 g/mol. The molecule has 2 atom stereocenters. The second kappa shape index (κ2) is 7.35. The predicted octanol–water partition coefficient (Wildman–Crippen LogP) is 0.987. The van der Waals surface area contributed by atoms with E-state index < -0.39 is 10.8 Å². The molecule has 0 fully saturated rings. The van der Waals surface area contributed by atoms with Crippen molar-refractivity contribution in [3.8, 4) is 0 Å². The number of carbonyl (C=O) groups excluding carboxylic acids is 1. The van der Waals surface area contributed by atoms with E-state index in [1.807, 2.05) is 20.8 Å². The summed E-state index contributed by atoms with van der Waals surface area (Å²) in [5.74, 6) is 6.22. The second-order valence-corrected chi connectivity index (χ2v) is 6.56. The van der Waals surface area contributed by atoms with Gasteiger partial charge in [-0.1, -0.05) is 13.8 Å². The average molecular weight is 298 g/mol. The number of hydrogen-bond donors (Lipinski definition) is 3. The molecular formula is C13H22N4O2S. The number of nitrogens with two attached hydrogens (primary N) is 1. The van der Waals surface area contributed by atoms with Gasteiger partial charge < -0.3 is 10.7 Å². The van der Waals surface area contributed by atoms with E-state index in [0.29, 0.717) is 17.1 Å². The lowest BCUT2D eigenvalue weighted by molar-refractivity contribution is 0.0943. The van der Waals surface area contributed by atoms with E-state index in [2.05, 4.69) is 15.7 Å². The van der Waals surface area contributed by atoms with Crippen molar-refractivity contribution in [3.63, 3.8) is 0 Å². The molecule has 0 aliphatic carbocycles. The van der Waals surface area contributed by atoms with Gasteiger partial charge in [-0.2, -0.15) is 0 Å². The number of amides is 1. The van der Waals surface area contributed by atoms with Crippen molar-refractivity contribution >= 4 is 22.5 Å². The molecule has 20 heavy (non-hydrogen) atoms. The second-order valence-electron chi connectivity index (χ2n) is 5.08. The highest BCUT2D eigenvalue weighted by Gasteiger charge is 2.14. The Bertz CT molecular complexity index is 505. The van der Waals surface area contributed by atoms with Gasteiger partial charge in [-0.15, -0.1) is 0 Å². The minimum atomic E-state index is -0.946. The van der Waals surface area contributed by atoms with Gasteiger partial charge in [0.1, 0.15) is 5.82 Å². The fourth-order valence-electron chi connectivity index (χ4n) is 1.75. The molecule has 0 aliphatic heterocycles. The fourth-order valence-corrected chi connectivity index (χ4v) is 2.54. The first kappa shape index (κ1) is 16.6. The minimum absolute atomic E-state index is 0.154. The highest BCUT2D eigenvalue weighted by Crippen LogP contribution is 2.17. The van der Waals surface area contributed by atoms with E-state index in [0.717, 1.165) is 5.69 Å². The Kier molecular flexibility index (Phi) is 6.09. The van der Waals surface area contributed by atoms with Crippen LogP contribution in [0.15, 0.2) is 12.1 Å². The Morgan fingerprint density at radius 1 is 1.40 bits per heavy atom. The molecule has 4 N–H and O–H groups in total. The zero-order valence-corrected chi connectivity index (χ0v) is 13.1. The van der Waals surface area contributed by atoms with Crippen LogP contribution in [0.4, 0.5) is 5.82 Å². The van der Waals surface area contributed by atoms with Crippen LogP contribution in [0.3, 0.4) is 0 Å². The highest BCUT2D eigenvalue weighted by atomic mass is 32.2. The Balaban J connectivity index is 2.91. The van der Waals surface area contributed by atoms with Crippen LogP contribution in [-0.4, -0.2) is 33.2 Å². The van der Waals surface area contributed by atoms with Crippen LogP contribution in [0.25, 0.3) is 0 Å². The molecule has 112 valence electrons. The Morgan fingerprint density at radius 2 is 2.05 bits per heavy atom. The molecule has 0 saturated heterocycles. The van der Waals surface area contributed by atoms with E-state index >= 15 is 0 Å². The Labute approximate surface area is 122 Å². The first-order valence-corrected chi connectivity index (χ1v) is 8.15. The van der Waals surface area contributed by atoms with Gasteiger partial charge in [0.2, 0.25) is 0 Å². The maximum atomic E-state index is 12.2. The Morgan fingerprint density at radius 3 is 2.55 bits per heavy atom. The lowest BCUT2D eigenvalue weighted by Gasteiger charge is -2.14. The molecule has 1 rings (SSSR count). The number of anilines is 1. The summed E-state index contributed by atoms with van der Waals surface area (Å²) in [5.41, 5.74) is 3.74. The number of rotatable bonds is 6. The SMILES string of the molecule is CC(CS(C)=O)NC(=O)c1cc(NN)nc(C(C)C)c1. The number of pyridine rings is 1. The van der Waals surface area contributed by atoms with E-state index in [1.54, 1.807) is 18.4 Å². The zero-order chi connectivity index (χ0) is 15.3. The van der Waals surface area contributed by atoms with Gasteiger partial charge in [-0.05, 0) is 25.0 Å². The van der Waals surface area contributed by atoms with Crippen molar-refractivity contribution in [1.29, 1.82) is 0 Å². The summed E-state index contributed by atoms with van der Waals surface area (Å²) in [6, 6.07) is 3.19. The van der Waals surface area contributed by atoms with Crippen LogP contribution in [0, 0.1) is 0 Å². The first-order valence-electron chi connectivity index (χ1n) is 6.43. The predicted molar refractivity (Wildman–Crippen MR) is 82.0 cm³/mol. The summed E-state index contributed by atoms with van der Waals surface area (Å²) in [6.45, 7) is 5.81. The number of hydrogen-bond acceptors (Lipinski definition) is 5. The lowest BCUT2D eigenvalue weighted by Crippen LogP contribution is -2.36. The third-order valence-corrected chi connectivity index (χ3v) is 3.68. The normalized spacial score (nSPS) is 13.9. The third-order valence-electron chi connectivity index (χ3n) is 2.71. The van der Waals surface area contributed by atoms with Gasteiger partial charge in [0.25, 0.3) is 5.91 Å². The van der Waals surface area contributed by atoms with Crippen molar-refractivity contribution in [1.82, 2.24) is 10.3 Å². The summed E-state index contributed by atoms with van der Waals surface area (Å²) < 4.78 is 11.1. The van der Waals surface area contributed by atoms with Gasteiger partial charge in [-0.25, -0.2) is 10.8 Å². The Hall–Kier alpha value is -1.47. The molecule has 0 bridgehead atoms. The first-order chi connectivity index (χ1) is 9.33. The number of hydrazine groups is 1. The van der Waals surface area contributed by atoms with Crippen LogP contribution in [0.1, 0.15) is 42.7 Å². The molecule has 1 aromatic rings. The van der Waals surface area contributed by atoms with Crippen molar-refractivity contribution in [2.75, 3.05) is 17.4 Å². The van der Waals surface area contributed by atoms with Gasteiger partial charge in [0.15, 0.2) is 0 Å². The zero-order valence-electron chi connectivity index (χ0n) is 12.3. The number of nitrogen functional groups attached to an aromatic ring is 1. The summed E-state index contributed by atoms with van der Waals surface area (Å²) in [6.07, 6.45) is 1.61. The smallest absolute Gasteiger partial charge is 0.251 e. The molecule has 2 unspecified atom stereocenters. The van der Waals surface area contributed by atoms with E-state index in [-0.39, 0.29) is 17.9 Å². The molecule has 1 heterocycles. The number of carbonyl (C=O) groups is 1. The monoisotopic (exact) mass is 298 g/mol. The fraction of sp³-hybridized carbons (Fsp3) is 0.538. The molecule has 0 aliphatic rings. The third kappa shape index (κ3) is 4.90. The van der Waals surface area contributed by atoms with Crippen LogP contribution >= 0.6 is 0 Å². The molecule has 6 nitrogen and oxygen atoms in total. The molecule has 1 amide bonds.